The Balaban J connectivity index is 2.50. The zero-order valence-corrected chi connectivity index (χ0v) is 9.44. The molecule has 0 radical (unpaired) electrons. The van der Waals surface area contributed by atoms with Gasteiger partial charge in [-0.3, -0.25) is 0 Å². The molecule has 0 saturated carbocycles. The molecule has 0 aromatic heterocycles. The highest BCUT2D eigenvalue weighted by atomic mass is 16.3. The Labute approximate surface area is 90.6 Å². The molecular weight excluding hydrogens is 188 g/mol. The van der Waals surface area contributed by atoms with Crippen molar-refractivity contribution in [3.8, 4) is 0 Å². The van der Waals surface area contributed by atoms with E-state index < -0.39 is 12.2 Å². The molecule has 15 heavy (non-hydrogen) atoms. The van der Waals surface area contributed by atoms with Crippen molar-refractivity contribution in [2.24, 2.45) is 11.3 Å². The summed E-state index contributed by atoms with van der Waals surface area (Å²) < 4.78 is 0. The van der Waals surface area contributed by atoms with E-state index in [1.54, 1.807) is 6.08 Å². The normalized spacial score (nSPS) is 44.5. The van der Waals surface area contributed by atoms with Crippen LogP contribution in [0.3, 0.4) is 0 Å². The maximum atomic E-state index is 9.89. The van der Waals surface area contributed by atoms with Gasteiger partial charge in [0.1, 0.15) is 0 Å². The van der Waals surface area contributed by atoms with Gasteiger partial charge < -0.3 is 10.2 Å². The third-order valence-corrected chi connectivity index (χ3v) is 3.83. The number of hydrogen-bond acceptors (Lipinski definition) is 2. The van der Waals surface area contributed by atoms with Crippen LogP contribution < -0.4 is 0 Å². The van der Waals surface area contributed by atoms with Gasteiger partial charge >= 0.3 is 0 Å². The standard InChI is InChI=1S/C13H18O2/c1-8-4-5-10-6-11(14)12(15)9(2)13(10,3)7-8/h4-7,9,11-12,14-15H,1-3H3/t9-,11-,12+,13+/m0/s1. The van der Waals surface area contributed by atoms with Gasteiger partial charge in [0, 0.05) is 5.41 Å². The minimum atomic E-state index is -0.737. The summed E-state index contributed by atoms with van der Waals surface area (Å²) in [6.45, 7) is 6.16. The van der Waals surface area contributed by atoms with Gasteiger partial charge in [0.15, 0.2) is 0 Å². The van der Waals surface area contributed by atoms with Crippen LogP contribution >= 0.6 is 0 Å². The lowest BCUT2D eigenvalue weighted by molar-refractivity contribution is -0.0218. The van der Waals surface area contributed by atoms with Crippen molar-refractivity contribution in [3.05, 3.63) is 35.5 Å². The summed E-state index contributed by atoms with van der Waals surface area (Å²) in [5.74, 6) is 0.0346. The van der Waals surface area contributed by atoms with E-state index in [1.807, 2.05) is 19.1 Å². The maximum Gasteiger partial charge on any atom is 0.0988 e. The van der Waals surface area contributed by atoms with E-state index in [0.717, 1.165) is 5.57 Å². The van der Waals surface area contributed by atoms with Crippen LogP contribution in [0.4, 0.5) is 0 Å². The van der Waals surface area contributed by atoms with Crippen molar-refractivity contribution in [3.63, 3.8) is 0 Å². The molecule has 0 aliphatic heterocycles. The van der Waals surface area contributed by atoms with Crippen LogP contribution in [0.25, 0.3) is 0 Å². The van der Waals surface area contributed by atoms with Gasteiger partial charge in [-0.15, -0.1) is 0 Å². The summed E-state index contributed by atoms with van der Waals surface area (Å²) in [5, 5.41) is 19.6. The van der Waals surface area contributed by atoms with Crippen molar-refractivity contribution in [2.75, 3.05) is 0 Å². The fraction of sp³-hybridized carbons (Fsp3) is 0.538. The molecular formula is C13H18O2. The molecule has 0 saturated heterocycles. The van der Waals surface area contributed by atoms with E-state index in [4.69, 9.17) is 0 Å². The van der Waals surface area contributed by atoms with E-state index in [9.17, 15) is 10.2 Å². The molecule has 2 heteroatoms. The van der Waals surface area contributed by atoms with Crippen LogP contribution in [0.5, 0.6) is 0 Å². The first-order valence-electron chi connectivity index (χ1n) is 5.41. The summed E-state index contributed by atoms with van der Waals surface area (Å²) in [6.07, 6.45) is 6.63. The predicted octanol–water partition coefficient (Wildman–Crippen LogP) is 1.81. The smallest absolute Gasteiger partial charge is 0.0988 e. The quantitative estimate of drug-likeness (QED) is 0.634. The maximum absolute atomic E-state index is 9.89. The van der Waals surface area contributed by atoms with Crippen LogP contribution in [0.15, 0.2) is 35.5 Å². The van der Waals surface area contributed by atoms with E-state index >= 15 is 0 Å². The third-order valence-electron chi connectivity index (χ3n) is 3.83. The van der Waals surface area contributed by atoms with Crippen LogP contribution in [0.2, 0.25) is 0 Å². The Hall–Kier alpha value is -0.860. The average Bonchev–Trinajstić information content (AvgIpc) is 2.18. The molecule has 0 heterocycles. The topological polar surface area (TPSA) is 40.5 Å². The van der Waals surface area contributed by atoms with Crippen molar-refractivity contribution >= 4 is 0 Å². The summed E-state index contributed by atoms with van der Waals surface area (Å²) in [6, 6.07) is 0. The fourth-order valence-corrected chi connectivity index (χ4v) is 2.57. The Morgan fingerprint density at radius 2 is 1.93 bits per heavy atom. The third kappa shape index (κ3) is 1.48. The molecule has 2 nitrogen and oxygen atoms in total. The van der Waals surface area contributed by atoms with Gasteiger partial charge in [-0.1, -0.05) is 37.6 Å². The Morgan fingerprint density at radius 1 is 1.27 bits per heavy atom. The van der Waals surface area contributed by atoms with Crippen molar-refractivity contribution in [2.45, 2.75) is 33.0 Å². The first-order chi connectivity index (χ1) is 6.95. The monoisotopic (exact) mass is 206 g/mol. The van der Waals surface area contributed by atoms with Gasteiger partial charge in [-0.2, -0.15) is 0 Å². The van der Waals surface area contributed by atoms with Crippen LogP contribution in [0, 0.1) is 11.3 Å². The second-order valence-electron chi connectivity index (χ2n) is 4.90. The van der Waals surface area contributed by atoms with E-state index in [1.165, 1.54) is 5.57 Å². The molecule has 0 bridgehead atoms. The molecule has 0 aromatic carbocycles. The first kappa shape index (κ1) is 10.7. The van der Waals surface area contributed by atoms with Gasteiger partial charge in [0.25, 0.3) is 0 Å². The molecule has 2 aliphatic carbocycles. The second-order valence-corrected chi connectivity index (χ2v) is 4.90. The van der Waals surface area contributed by atoms with Crippen LogP contribution in [-0.4, -0.2) is 22.4 Å². The lowest BCUT2D eigenvalue weighted by atomic mass is 9.63. The number of aliphatic hydroxyl groups is 2. The molecule has 2 rings (SSSR count). The van der Waals surface area contributed by atoms with Crippen molar-refractivity contribution in [1.82, 2.24) is 0 Å². The lowest BCUT2D eigenvalue weighted by Gasteiger charge is -2.44. The number of aliphatic hydroxyl groups excluding tert-OH is 2. The summed E-state index contributed by atoms with van der Waals surface area (Å²) in [7, 11) is 0. The highest BCUT2D eigenvalue weighted by molar-refractivity contribution is 5.44. The zero-order chi connectivity index (χ0) is 11.2. The Kier molecular flexibility index (Phi) is 2.36. The van der Waals surface area contributed by atoms with Gasteiger partial charge in [-0.05, 0) is 24.5 Å². The largest absolute Gasteiger partial charge is 0.390 e. The molecule has 0 unspecified atom stereocenters. The molecule has 0 amide bonds. The molecule has 2 N–H and O–H groups in total. The Bertz CT molecular complexity index is 365. The van der Waals surface area contributed by atoms with E-state index in [0.29, 0.717) is 0 Å². The molecule has 0 aromatic rings. The molecule has 0 spiro atoms. The number of hydrogen-bond donors (Lipinski definition) is 2. The number of fused-ring (bicyclic) bond motifs is 1. The highest BCUT2D eigenvalue weighted by Crippen LogP contribution is 2.46. The molecule has 0 fully saturated rings. The van der Waals surface area contributed by atoms with Crippen LogP contribution in [0.1, 0.15) is 20.8 Å². The number of rotatable bonds is 0. The lowest BCUT2D eigenvalue weighted by Crippen LogP contribution is -2.45. The molecule has 4 atom stereocenters. The summed E-state index contributed by atoms with van der Waals surface area (Å²) in [5.41, 5.74) is 2.18. The molecule has 82 valence electrons. The number of allylic oxidation sites excluding steroid dienone is 5. The SMILES string of the molecule is CC1=C[C@@]2(C)C(=C[C@H](O)[C@H](O)[C@@H]2C)C=C1. The zero-order valence-electron chi connectivity index (χ0n) is 9.44. The first-order valence-corrected chi connectivity index (χ1v) is 5.41. The van der Waals surface area contributed by atoms with Gasteiger partial charge in [-0.25, -0.2) is 0 Å². The molecule has 2 aliphatic rings. The predicted molar refractivity (Wildman–Crippen MR) is 60.3 cm³/mol. The fourth-order valence-electron chi connectivity index (χ4n) is 2.57. The Morgan fingerprint density at radius 3 is 2.60 bits per heavy atom. The second kappa shape index (κ2) is 3.32. The van der Waals surface area contributed by atoms with Crippen molar-refractivity contribution < 1.29 is 10.2 Å². The van der Waals surface area contributed by atoms with Gasteiger partial charge in [0.2, 0.25) is 0 Å². The summed E-state index contributed by atoms with van der Waals surface area (Å²) in [4.78, 5) is 0. The minimum absolute atomic E-state index is 0.0346. The minimum Gasteiger partial charge on any atom is -0.390 e. The van der Waals surface area contributed by atoms with E-state index in [2.05, 4.69) is 19.9 Å². The van der Waals surface area contributed by atoms with Crippen LogP contribution in [-0.2, 0) is 0 Å². The average molecular weight is 206 g/mol. The summed E-state index contributed by atoms with van der Waals surface area (Å²) >= 11 is 0. The van der Waals surface area contributed by atoms with Gasteiger partial charge in [0.05, 0.1) is 12.2 Å². The van der Waals surface area contributed by atoms with Crippen molar-refractivity contribution in [1.29, 1.82) is 0 Å². The van der Waals surface area contributed by atoms with E-state index in [-0.39, 0.29) is 11.3 Å². The highest BCUT2D eigenvalue weighted by Gasteiger charge is 2.43.